The van der Waals surface area contributed by atoms with Crippen LogP contribution in [0.5, 0.6) is 11.5 Å². The molecule has 2 aliphatic rings. The molecule has 1 atom stereocenters. The summed E-state index contributed by atoms with van der Waals surface area (Å²) >= 11 is 0. The lowest BCUT2D eigenvalue weighted by Crippen LogP contribution is -2.27. The summed E-state index contributed by atoms with van der Waals surface area (Å²) in [6.07, 6.45) is 4.98. The highest BCUT2D eigenvalue weighted by Crippen LogP contribution is 2.35. The van der Waals surface area contributed by atoms with Crippen molar-refractivity contribution in [2.24, 2.45) is 0 Å². The lowest BCUT2D eigenvalue weighted by Gasteiger charge is -2.25. The van der Waals surface area contributed by atoms with Crippen LogP contribution in [0, 0.1) is 0 Å². The van der Waals surface area contributed by atoms with Crippen molar-refractivity contribution in [3.63, 3.8) is 0 Å². The molecule has 0 amide bonds. The second kappa shape index (κ2) is 4.77. The van der Waals surface area contributed by atoms with Crippen molar-refractivity contribution in [3.8, 4) is 17.2 Å². The van der Waals surface area contributed by atoms with E-state index in [9.17, 15) is 0 Å². The monoisotopic (exact) mass is 285 g/mol. The highest BCUT2D eigenvalue weighted by atomic mass is 16.6. The molecule has 4 rings (SSSR count). The van der Waals surface area contributed by atoms with Gasteiger partial charge in [0, 0.05) is 29.9 Å². The van der Waals surface area contributed by atoms with E-state index in [1.807, 2.05) is 24.7 Å². The van der Waals surface area contributed by atoms with Crippen LogP contribution in [0.4, 0.5) is 0 Å². The van der Waals surface area contributed by atoms with Gasteiger partial charge in [0.15, 0.2) is 11.5 Å². The van der Waals surface area contributed by atoms with Gasteiger partial charge in [-0.3, -0.25) is 0 Å². The van der Waals surface area contributed by atoms with Gasteiger partial charge in [0.05, 0.1) is 12.0 Å². The molecule has 1 N–H and O–H groups in total. The van der Waals surface area contributed by atoms with Crippen LogP contribution in [0.15, 0.2) is 30.7 Å². The zero-order valence-electron chi connectivity index (χ0n) is 12.1. The number of hydrogen-bond donors (Lipinski definition) is 1. The van der Waals surface area contributed by atoms with Crippen LogP contribution in [0.1, 0.15) is 19.0 Å². The van der Waals surface area contributed by atoms with Crippen molar-refractivity contribution in [2.45, 2.75) is 18.8 Å². The maximum Gasteiger partial charge on any atom is 0.163 e. The number of fused-ring (bicyclic) bond motifs is 1. The fourth-order valence-corrected chi connectivity index (χ4v) is 3.16. The number of rotatable bonds is 2. The Bertz CT molecular complexity index is 659. The van der Waals surface area contributed by atoms with Crippen molar-refractivity contribution >= 4 is 0 Å². The molecule has 1 fully saturated rings. The molecule has 0 saturated carbocycles. The molecule has 5 heteroatoms. The van der Waals surface area contributed by atoms with Gasteiger partial charge < -0.3 is 19.4 Å². The molecule has 1 aromatic heterocycles. The Morgan fingerprint density at radius 3 is 2.90 bits per heavy atom. The van der Waals surface area contributed by atoms with Crippen LogP contribution in [0.2, 0.25) is 0 Å². The molecule has 3 heterocycles. The fraction of sp³-hybridized carbons (Fsp3) is 0.438. The van der Waals surface area contributed by atoms with Crippen molar-refractivity contribution in [3.05, 3.63) is 36.4 Å². The van der Waals surface area contributed by atoms with E-state index in [-0.39, 0.29) is 5.41 Å². The number of imidazole rings is 1. The van der Waals surface area contributed by atoms with Crippen LogP contribution in [-0.2, 0) is 5.41 Å². The number of hydrogen-bond acceptors (Lipinski definition) is 4. The zero-order valence-corrected chi connectivity index (χ0v) is 12.1. The standard InChI is InChI=1S/C16H19N3O2/c1-16(4-5-17-10-16)15-9-18-11-19(15)12-2-3-13-14(8-12)21-7-6-20-13/h2-3,8-9,11,17H,4-7,10H2,1H3. The molecular weight excluding hydrogens is 266 g/mol. The van der Waals surface area contributed by atoms with Crippen LogP contribution in [-0.4, -0.2) is 35.9 Å². The van der Waals surface area contributed by atoms with Crippen molar-refractivity contribution < 1.29 is 9.47 Å². The van der Waals surface area contributed by atoms with E-state index in [0.29, 0.717) is 13.2 Å². The Labute approximate surface area is 123 Å². The van der Waals surface area contributed by atoms with Gasteiger partial charge in [-0.1, -0.05) is 6.92 Å². The molecule has 110 valence electrons. The smallest absolute Gasteiger partial charge is 0.163 e. The quantitative estimate of drug-likeness (QED) is 0.915. The first-order valence-corrected chi connectivity index (χ1v) is 7.40. The molecule has 0 aliphatic carbocycles. The van der Waals surface area contributed by atoms with Crippen LogP contribution >= 0.6 is 0 Å². The van der Waals surface area contributed by atoms with Crippen LogP contribution < -0.4 is 14.8 Å². The predicted octanol–water partition coefficient (Wildman–Crippen LogP) is 1.89. The molecule has 2 aliphatic heterocycles. The minimum absolute atomic E-state index is 0.129. The Morgan fingerprint density at radius 2 is 2.10 bits per heavy atom. The third-order valence-corrected chi connectivity index (χ3v) is 4.43. The predicted molar refractivity (Wildman–Crippen MR) is 79.4 cm³/mol. The van der Waals surface area contributed by atoms with Crippen molar-refractivity contribution in [2.75, 3.05) is 26.3 Å². The molecule has 0 bridgehead atoms. The minimum Gasteiger partial charge on any atom is -0.486 e. The summed E-state index contributed by atoms with van der Waals surface area (Å²) in [5.41, 5.74) is 2.44. The summed E-state index contributed by atoms with van der Waals surface area (Å²) in [6.45, 7) is 5.56. The average Bonchev–Trinajstić information content (AvgIpc) is 3.16. The Balaban J connectivity index is 1.76. The second-order valence-corrected chi connectivity index (χ2v) is 5.96. The number of nitrogens with one attached hydrogen (secondary N) is 1. The highest BCUT2D eigenvalue weighted by molar-refractivity contribution is 5.50. The van der Waals surface area contributed by atoms with Gasteiger partial charge >= 0.3 is 0 Å². The zero-order chi connectivity index (χ0) is 14.3. The number of benzene rings is 1. The molecule has 21 heavy (non-hydrogen) atoms. The second-order valence-electron chi connectivity index (χ2n) is 5.96. The molecular formula is C16H19N3O2. The third-order valence-electron chi connectivity index (χ3n) is 4.43. The minimum atomic E-state index is 0.129. The van der Waals surface area contributed by atoms with Crippen LogP contribution in [0.3, 0.4) is 0 Å². The highest BCUT2D eigenvalue weighted by Gasteiger charge is 2.33. The van der Waals surface area contributed by atoms with E-state index in [1.54, 1.807) is 0 Å². The summed E-state index contributed by atoms with van der Waals surface area (Å²) in [5.74, 6) is 1.63. The van der Waals surface area contributed by atoms with E-state index < -0.39 is 0 Å². The molecule has 5 nitrogen and oxygen atoms in total. The topological polar surface area (TPSA) is 48.3 Å². The molecule has 0 radical (unpaired) electrons. The molecule has 1 saturated heterocycles. The first kappa shape index (κ1) is 12.7. The van der Waals surface area contributed by atoms with E-state index in [0.717, 1.165) is 36.7 Å². The summed E-state index contributed by atoms with van der Waals surface area (Å²) in [4.78, 5) is 4.36. The summed E-state index contributed by atoms with van der Waals surface area (Å²) in [5, 5.41) is 3.44. The van der Waals surface area contributed by atoms with Gasteiger partial charge in [0.2, 0.25) is 0 Å². The van der Waals surface area contributed by atoms with Gasteiger partial charge in [-0.05, 0) is 25.1 Å². The van der Waals surface area contributed by atoms with Gasteiger partial charge in [-0.15, -0.1) is 0 Å². The normalized spacial score (nSPS) is 24.2. The Hall–Kier alpha value is -2.01. The van der Waals surface area contributed by atoms with Gasteiger partial charge in [-0.25, -0.2) is 4.98 Å². The average molecular weight is 285 g/mol. The maximum absolute atomic E-state index is 5.68. The first-order chi connectivity index (χ1) is 10.3. The Kier molecular flexibility index (Phi) is 2.89. The van der Waals surface area contributed by atoms with Gasteiger partial charge in [0.1, 0.15) is 13.2 Å². The van der Waals surface area contributed by atoms with Crippen molar-refractivity contribution in [1.29, 1.82) is 0 Å². The van der Waals surface area contributed by atoms with E-state index in [2.05, 4.69) is 27.9 Å². The maximum atomic E-state index is 5.68. The lowest BCUT2D eigenvalue weighted by atomic mass is 9.86. The summed E-state index contributed by atoms with van der Waals surface area (Å²) in [7, 11) is 0. The number of aromatic nitrogens is 2. The van der Waals surface area contributed by atoms with E-state index in [4.69, 9.17) is 9.47 Å². The molecule has 1 unspecified atom stereocenters. The lowest BCUT2D eigenvalue weighted by molar-refractivity contribution is 0.171. The fourth-order valence-electron chi connectivity index (χ4n) is 3.16. The van der Waals surface area contributed by atoms with E-state index >= 15 is 0 Å². The summed E-state index contributed by atoms with van der Waals surface area (Å²) < 4.78 is 13.4. The molecule has 2 aromatic rings. The van der Waals surface area contributed by atoms with Crippen LogP contribution in [0.25, 0.3) is 5.69 Å². The first-order valence-electron chi connectivity index (χ1n) is 7.40. The van der Waals surface area contributed by atoms with E-state index in [1.165, 1.54) is 5.69 Å². The molecule has 1 aromatic carbocycles. The molecule has 0 spiro atoms. The van der Waals surface area contributed by atoms with Gasteiger partial charge in [0.25, 0.3) is 0 Å². The summed E-state index contributed by atoms with van der Waals surface area (Å²) in [6, 6.07) is 6.07. The Morgan fingerprint density at radius 1 is 1.24 bits per heavy atom. The SMILES string of the molecule is CC1(c2cncn2-c2ccc3c(c2)OCCO3)CCNC1. The van der Waals surface area contributed by atoms with Gasteiger partial charge in [-0.2, -0.15) is 0 Å². The third kappa shape index (κ3) is 2.08. The number of ether oxygens (including phenoxy) is 2. The number of nitrogens with zero attached hydrogens (tertiary/aromatic N) is 2. The van der Waals surface area contributed by atoms with Crippen molar-refractivity contribution in [1.82, 2.24) is 14.9 Å². The largest absolute Gasteiger partial charge is 0.486 e.